The van der Waals surface area contributed by atoms with Crippen LogP contribution >= 0.6 is 0 Å². The molecule has 0 saturated heterocycles. The van der Waals surface area contributed by atoms with Gasteiger partial charge < -0.3 is 18.3 Å². The molecule has 0 aliphatic heterocycles. The average molecular weight is 1020 g/mol. The van der Waals surface area contributed by atoms with Crippen molar-refractivity contribution in [3.63, 3.8) is 0 Å². The van der Waals surface area contributed by atoms with E-state index in [1.807, 2.05) is 12.4 Å². The molecule has 0 bridgehead atoms. The first-order chi connectivity index (χ1) is 38.5. The van der Waals surface area contributed by atoms with E-state index >= 15 is 0 Å². The van der Waals surface area contributed by atoms with Crippen LogP contribution in [0.4, 0.5) is 17.1 Å². The second kappa shape index (κ2) is 15.4. The normalized spacial score (nSPS) is 15.0. The molecule has 3 aliphatic carbocycles. The van der Waals surface area contributed by atoms with Crippen LogP contribution in [0.3, 0.4) is 0 Å². The molecule has 0 amide bonds. The van der Waals surface area contributed by atoms with Gasteiger partial charge in [0.2, 0.25) is 0 Å². The van der Waals surface area contributed by atoms with Crippen molar-refractivity contribution in [2.24, 2.45) is 0 Å². The number of hydrogen-bond acceptors (Lipinski definition) is 4. The van der Waals surface area contributed by atoms with E-state index in [0.717, 1.165) is 72.5 Å². The van der Waals surface area contributed by atoms with Gasteiger partial charge in [0, 0.05) is 94.8 Å². The summed E-state index contributed by atoms with van der Waals surface area (Å²) in [6.07, 6.45) is 3.75. The summed E-state index contributed by atoms with van der Waals surface area (Å²) >= 11 is 0. The van der Waals surface area contributed by atoms with Crippen molar-refractivity contribution >= 4 is 82.7 Å². The van der Waals surface area contributed by atoms with Crippen LogP contribution in [0.15, 0.2) is 221 Å². The fourth-order valence-corrected chi connectivity index (χ4v) is 15.0. The van der Waals surface area contributed by atoms with E-state index in [4.69, 9.17) is 8.83 Å². The molecule has 0 radical (unpaired) electrons. The van der Waals surface area contributed by atoms with E-state index in [0.29, 0.717) is 0 Å². The lowest BCUT2D eigenvalue weighted by atomic mass is 9.72. The van der Waals surface area contributed by atoms with E-state index in [2.05, 4.69) is 256 Å². The number of aromatic nitrogens is 2. The second-order valence-electron chi connectivity index (χ2n) is 23.8. The van der Waals surface area contributed by atoms with Crippen molar-refractivity contribution in [1.29, 1.82) is 0 Å². The number of nitrogens with zero attached hydrogens (tertiary/aromatic N) is 3. The molecule has 14 aromatic rings. The van der Waals surface area contributed by atoms with Crippen molar-refractivity contribution in [2.45, 2.75) is 57.8 Å². The van der Waals surface area contributed by atoms with Crippen LogP contribution in [0.5, 0.6) is 0 Å². The first-order valence-electron chi connectivity index (χ1n) is 27.7. The van der Waals surface area contributed by atoms with Gasteiger partial charge in [-0.05, 0) is 152 Å². The fraction of sp³-hybridized carbons (Fsp3) is 0.122. The summed E-state index contributed by atoms with van der Waals surface area (Å²) in [6, 6.07) is 73.9. The molecule has 0 atom stereocenters. The van der Waals surface area contributed by atoms with Gasteiger partial charge in [-0.15, -0.1) is 0 Å². The molecular formula is C74H53N3O2. The maximum Gasteiger partial charge on any atom is 0.144 e. The van der Waals surface area contributed by atoms with Crippen LogP contribution in [0.1, 0.15) is 74.9 Å². The molecular weight excluding hydrogens is 963 g/mol. The van der Waals surface area contributed by atoms with Crippen LogP contribution in [-0.2, 0) is 16.2 Å². The molecule has 0 saturated carbocycles. The second-order valence-corrected chi connectivity index (χ2v) is 23.8. The van der Waals surface area contributed by atoms with Crippen molar-refractivity contribution < 1.29 is 8.83 Å². The Kier molecular flexibility index (Phi) is 8.70. The van der Waals surface area contributed by atoms with E-state index in [9.17, 15) is 0 Å². The quantitative estimate of drug-likeness (QED) is 0.172. The minimum absolute atomic E-state index is 0.244. The smallest absolute Gasteiger partial charge is 0.144 e. The van der Waals surface area contributed by atoms with Crippen molar-refractivity contribution in [3.05, 3.63) is 246 Å². The summed E-state index contributed by atoms with van der Waals surface area (Å²) in [5.74, 6) is 0. The van der Waals surface area contributed by atoms with E-state index in [1.165, 1.54) is 93.8 Å². The third-order valence-corrected chi connectivity index (χ3v) is 18.6. The minimum atomic E-state index is -0.389. The first kappa shape index (κ1) is 44.7. The lowest BCUT2D eigenvalue weighted by Crippen LogP contribution is -2.24. The molecule has 5 heteroatoms. The lowest BCUT2D eigenvalue weighted by Gasteiger charge is -2.32. The molecule has 3 aliphatic rings. The summed E-state index contributed by atoms with van der Waals surface area (Å²) < 4.78 is 16.4. The SMILES string of the molecule is CC1(C)c2cc(N(c3ccc4c(c3)C(C)(C)c3c5c(c6c(oc7ccccc76)c3-4)-c3ccccc3C5(C)C)c3ccc4c5ccccc5n(-c5ccccc5)c4c3)ccc2-c2c1cc(-c1ccncc1)c1oc3ccccc3c21. The van der Waals surface area contributed by atoms with Gasteiger partial charge in [-0.1, -0.05) is 157 Å². The Morgan fingerprint density at radius 1 is 0.380 bits per heavy atom. The van der Waals surface area contributed by atoms with Crippen LogP contribution in [-0.4, -0.2) is 9.55 Å². The summed E-state index contributed by atoms with van der Waals surface area (Å²) in [5, 5.41) is 7.11. The lowest BCUT2D eigenvalue weighted by molar-refractivity contribution is 0.600. The summed E-state index contributed by atoms with van der Waals surface area (Å²) in [6.45, 7) is 14.5. The summed E-state index contributed by atoms with van der Waals surface area (Å²) in [4.78, 5) is 6.91. The molecule has 17 rings (SSSR count). The highest BCUT2D eigenvalue weighted by Gasteiger charge is 2.49. The number of furan rings is 2. The molecule has 0 N–H and O–H groups in total. The molecule has 4 aromatic heterocycles. The molecule has 79 heavy (non-hydrogen) atoms. The van der Waals surface area contributed by atoms with E-state index in [1.54, 1.807) is 0 Å². The van der Waals surface area contributed by atoms with Gasteiger partial charge in [-0.2, -0.15) is 0 Å². The maximum atomic E-state index is 7.13. The van der Waals surface area contributed by atoms with E-state index < -0.39 is 0 Å². The number of rotatable bonds is 5. The highest BCUT2D eigenvalue weighted by molar-refractivity contribution is 6.22. The van der Waals surface area contributed by atoms with Crippen molar-refractivity contribution in [1.82, 2.24) is 9.55 Å². The third kappa shape index (κ3) is 5.76. The predicted octanol–water partition coefficient (Wildman–Crippen LogP) is 20.0. The maximum absolute atomic E-state index is 7.13. The molecule has 0 unspecified atom stereocenters. The number of pyridine rings is 1. The molecule has 5 nitrogen and oxygen atoms in total. The largest absolute Gasteiger partial charge is 0.455 e. The molecule has 376 valence electrons. The van der Waals surface area contributed by atoms with Crippen molar-refractivity contribution in [3.8, 4) is 50.2 Å². The zero-order valence-corrected chi connectivity index (χ0v) is 44.9. The minimum Gasteiger partial charge on any atom is -0.455 e. The van der Waals surface area contributed by atoms with Gasteiger partial charge in [-0.3, -0.25) is 4.98 Å². The van der Waals surface area contributed by atoms with Crippen LogP contribution in [0.25, 0.3) is 116 Å². The summed E-state index contributed by atoms with van der Waals surface area (Å²) in [7, 11) is 0. The number of benzene rings is 10. The van der Waals surface area contributed by atoms with Gasteiger partial charge in [0.15, 0.2) is 0 Å². The highest BCUT2D eigenvalue weighted by Crippen LogP contribution is 2.64. The third-order valence-electron chi connectivity index (χ3n) is 18.6. The van der Waals surface area contributed by atoms with Gasteiger partial charge in [0.25, 0.3) is 0 Å². The Morgan fingerprint density at radius 3 is 1.65 bits per heavy atom. The van der Waals surface area contributed by atoms with Gasteiger partial charge >= 0.3 is 0 Å². The Morgan fingerprint density at radius 2 is 0.911 bits per heavy atom. The molecule has 0 fully saturated rings. The number of anilines is 3. The standard InChI is InChI=1S/C74H53N3O2/c1-72(2)56-38-44(29-32-50(56)63-58(72)41-54(42-34-36-75-37-35-42)70-65(63)52-22-12-16-26-61(52)78-70)76(46-28-31-48-47-20-11-15-25-59(47)77(60(48)40-46)43-18-8-7-9-19-43)45-30-33-51-57(39-45)74(5,6)69-67(51)71-66(53-23-13-17-27-62(53)79-71)64-49-21-10-14-24-55(49)73(3,4)68(64)69/h7-41H,1-6H3. The van der Waals surface area contributed by atoms with Crippen molar-refractivity contribution in [2.75, 3.05) is 4.90 Å². The van der Waals surface area contributed by atoms with E-state index in [-0.39, 0.29) is 16.2 Å². The number of hydrogen-bond donors (Lipinski definition) is 0. The van der Waals surface area contributed by atoms with Crippen LogP contribution in [0.2, 0.25) is 0 Å². The molecule has 0 spiro atoms. The number of para-hydroxylation sites is 4. The van der Waals surface area contributed by atoms with Crippen LogP contribution < -0.4 is 4.90 Å². The highest BCUT2D eigenvalue weighted by atomic mass is 16.3. The average Bonchev–Trinajstić information content (AvgIpc) is 3.34. The van der Waals surface area contributed by atoms with Gasteiger partial charge in [0.1, 0.15) is 22.3 Å². The zero-order valence-electron chi connectivity index (χ0n) is 44.9. The van der Waals surface area contributed by atoms with Crippen LogP contribution in [0, 0.1) is 0 Å². The predicted molar refractivity (Wildman–Crippen MR) is 326 cm³/mol. The Hall–Kier alpha value is -9.45. The fourth-order valence-electron chi connectivity index (χ4n) is 15.0. The molecule has 10 aromatic carbocycles. The number of fused-ring (bicyclic) bond motifs is 22. The van der Waals surface area contributed by atoms with Gasteiger partial charge in [0.05, 0.1) is 11.0 Å². The Balaban J connectivity index is 0.920. The zero-order chi connectivity index (χ0) is 52.8. The Labute approximate surface area is 457 Å². The Bertz CT molecular complexity index is 4990. The summed E-state index contributed by atoms with van der Waals surface area (Å²) in [5.41, 5.74) is 27.1. The monoisotopic (exact) mass is 1020 g/mol. The topological polar surface area (TPSA) is 47.3 Å². The van der Waals surface area contributed by atoms with Gasteiger partial charge in [-0.25, -0.2) is 0 Å². The first-order valence-corrected chi connectivity index (χ1v) is 27.7. The molecule has 4 heterocycles.